The molecule has 0 aliphatic carbocycles. The van der Waals surface area contributed by atoms with Crippen molar-refractivity contribution in [3.8, 4) is 5.75 Å². The molecule has 0 aliphatic rings. The van der Waals surface area contributed by atoms with Gasteiger partial charge in [0.05, 0.1) is 12.8 Å². The van der Waals surface area contributed by atoms with Gasteiger partial charge < -0.3 is 10.1 Å². The zero-order valence-corrected chi connectivity index (χ0v) is 14.1. The fraction of sp³-hybridized carbons (Fsp3) is 0.294. The first-order chi connectivity index (χ1) is 11.4. The van der Waals surface area contributed by atoms with Gasteiger partial charge in [-0.15, -0.1) is 5.10 Å². The third-order valence-electron chi connectivity index (χ3n) is 3.63. The number of fused-ring (bicyclic) bond motifs is 1. The van der Waals surface area contributed by atoms with Crippen molar-refractivity contribution in [2.45, 2.75) is 26.2 Å². The lowest BCUT2D eigenvalue weighted by Gasteiger charge is -2.21. The van der Waals surface area contributed by atoms with E-state index in [0.29, 0.717) is 17.2 Å². The second-order valence-corrected chi connectivity index (χ2v) is 6.42. The molecule has 0 unspecified atom stereocenters. The molecule has 3 aromatic rings. The van der Waals surface area contributed by atoms with Gasteiger partial charge in [0, 0.05) is 12.4 Å². The first-order valence-corrected chi connectivity index (χ1v) is 7.56. The van der Waals surface area contributed by atoms with Crippen molar-refractivity contribution in [2.75, 3.05) is 12.4 Å². The summed E-state index contributed by atoms with van der Waals surface area (Å²) in [6.07, 6.45) is 3.29. The summed E-state index contributed by atoms with van der Waals surface area (Å²) >= 11 is 0. The summed E-state index contributed by atoms with van der Waals surface area (Å²) < 4.78 is 6.79. The highest BCUT2D eigenvalue weighted by atomic mass is 16.5. The number of nitrogens with zero attached hydrogens (tertiary/aromatic N) is 4. The van der Waals surface area contributed by atoms with Gasteiger partial charge in [0.1, 0.15) is 5.75 Å². The Hall–Kier alpha value is -2.96. The van der Waals surface area contributed by atoms with E-state index in [-0.39, 0.29) is 11.2 Å². The molecule has 0 saturated carbocycles. The fourth-order valence-electron chi connectivity index (χ4n) is 2.28. The molecule has 7 heteroatoms. The normalized spacial score (nSPS) is 11.5. The van der Waals surface area contributed by atoms with E-state index in [1.54, 1.807) is 25.6 Å². The third-order valence-corrected chi connectivity index (χ3v) is 3.63. The number of nitrogens with one attached hydrogen (secondary N) is 1. The Balaban J connectivity index is 1.93. The summed E-state index contributed by atoms with van der Waals surface area (Å²) in [7, 11) is 1.56. The Labute approximate surface area is 139 Å². The second-order valence-electron chi connectivity index (χ2n) is 6.42. The van der Waals surface area contributed by atoms with Gasteiger partial charge in [0.2, 0.25) is 5.82 Å². The summed E-state index contributed by atoms with van der Waals surface area (Å²) in [5, 5.41) is 6.95. The molecule has 1 aromatic carbocycles. The minimum absolute atomic E-state index is 0.0446. The van der Waals surface area contributed by atoms with Crippen LogP contribution in [-0.2, 0) is 5.41 Å². The van der Waals surface area contributed by atoms with Crippen LogP contribution in [0.1, 0.15) is 37.0 Å². The Morgan fingerprint density at radius 2 is 2.08 bits per heavy atom. The van der Waals surface area contributed by atoms with Crippen LogP contribution in [0.25, 0.3) is 5.78 Å². The van der Waals surface area contributed by atoms with Crippen molar-refractivity contribution in [3.05, 3.63) is 48.0 Å². The molecule has 124 valence electrons. The van der Waals surface area contributed by atoms with Crippen LogP contribution in [0.15, 0.2) is 36.7 Å². The lowest BCUT2D eigenvalue weighted by molar-refractivity contribution is 0.101. The molecule has 0 bridgehead atoms. The Kier molecular flexibility index (Phi) is 3.92. The Bertz CT molecular complexity index is 862. The van der Waals surface area contributed by atoms with Crippen LogP contribution in [-0.4, -0.2) is 32.6 Å². The Morgan fingerprint density at radius 1 is 1.29 bits per heavy atom. The van der Waals surface area contributed by atoms with Crippen LogP contribution in [0.5, 0.6) is 5.75 Å². The minimum atomic E-state index is -0.412. The third kappa shape index (κ3) is 3.05. The van der Waals surface area contributed by atoms with Crippen LogP contribution in [0, 0.1) is 0 Å². The van der Waals surface area contributed by atoms with Gasteiger partial charge in [-0.2, -0.15) is 4.98 Å². The molecule has 0 aliphatic heterocycles. The van der Waals surface area contributed by atoms with Crippen LogP contribution < -0.4 is 10.1 Å². The molecule has 0 radical (unpaired) electrons. The van der Waals surface area contributed by atoms with E-state index in [0.717, 1.165) is 5.56 Å². The van der Waals surface area contributed by atoms with Crippen LogP contribution in [0.2, 0.25) is 0 Å². The molecule has 0 fully saturated rings. The number of hydrogen-bond donors (Lipinski definition) is 1. The molecule has 24 heavy (non-hydrogen) atoms. The number of carbonyl (C=O) groups is 1. The van der Waals surface area contributed by atoms with Gasteiger partial charge in [0.25, 0.3) is 11.7 Å². The van der Waals surface area contributed by atoms with Crippen LogP contribution in [0.3, 0.4) is 0 Å². The largest absolute Gasteiger partial charge is 0.495 e. The molecule has 0 saturated heterocycles. The Morgan fingerprint density at radius 3 is 2.75 bits per heavy atom. The van der Waals surface area contributed by atoms with Gasteiger partial charge in [0.15, 0.2) is 0 Å². The molecule has 1 N–H and O–H groups in total. The van der Waals surface area contributed by atoms with Crippen molar-refractivity contribution >= 4 is 17.4 Å². The van der Waals surface area contributed by atoms with Crippen molar-refractivity contribution < 1.29 is 9.53 Å². The standard InChI is InChI=1S/C17H19N5O2/c1-17(2,3)11-6-7-13(24-4)12(10-11)19-15(23)14-20-16-18-8-5-9-22(16)21-14/h5-10H,1-4H3,(H,19,23). The number of ether oxygens (including phenoxy) is 1. The first-order valence-electron chi connectivity index (χ1n) is 7.56. The van der Waals surface area contributed by atoms with Crippen molar-refractivity contribution in [2.24, 2.45) is 0 Å². The molecule has 0 spiro atoms. The number of benzene rings is 1. The number of hydrogen-bond acceptors (Lipinski definition) is 5. The van der Waals surface area contributed by atoms with E-state index >= 15 is 0 Å². The molecule has 7 nitrogen and oxygen atoms in total. The topological polar surface area (TPSA) is 81.4 Å². The van der Waals surface area contributed by atoms with E-state index in [2.05, 4.69) is 41.2 Å². The lowest BCUT2D eigenvalue weighted by Crippen LogP contribution is -2.16. The van der Waals surface area contributed by atoms with Gasteiger partial charge in [-0.1, -0.05) is 26.8 Å². The van der Waals surface area contributed by atoms with Crippen molar-refractivity contribution in [3.63, 3.8) is 0 Å². The lowest BCUT2D eigenvalue weighted by atomic mass is 9.87. The average molecular weight is 325 g/mol. The van der Waals surface area contributed by atoms with Crippen LogP contribution in [0.4, 0.5) is 5.69 Å². The number of anilines is 1. The molecule has 0 atom stereocenters. The van der Waals surface area contributed by atoms with Gasteiger partial charge in [-0.05, 0) is 29.2 Å². The van der Waals surface area contributed by atoms with E-state index < -0.39 is 5.91 Å². The number of amides is 1. The van der Waals surface area contributed by atoms with E-state index in [9.17, 15) is 4.79 Å². The highest BCUT2D eigenvalue weighted by molar-refractivity contribution is 6.02. The zero-order valence-electron chi connectivity index (χ0n) is 14.1. The SMILES string of the molecule is COc1ccc(C(C)(C)C)cc1NC(=O)c1nc2ncccn2n1. The summed E-state index contributed by atoms with van der Waals surface area (Å²) in [5.74, 6) is 0.595. The quantitative estimate of drug-likeness (QED) is 0.800. The highest BCUT2D eigenvalue weighted by Crippen LogP contribution is 2.31. The number of carbonyl (C=O) groups excluding carboxylic acids is 1. The fourth-order valence-corrected chi connectivity index (χ4v) is 2.28. The predicted molar refractivity (Wildman–Crippen MR) is 90.4 cm³/mol. The summed E-state index contributed by atoms with van der Waals surface area (Å²) in [5.41, 5.74) is 1.63. The number of aromatic nitrogens is 4. The molecule has 2 heterocycles. The molecule has 1 amide bonds. The van der Waals surface area contributed by atoms with Crippen molar-refractivity contribution in [1.82, 2.24) is 19.6 Å². The molecular weight excluding hydrogens is 306 g/mol. The maximum absolute atomic E-state index is 12.5. The maximum atomic E-state index is 12.5. The van der Waals surface area contributed by atoms with Gasteiger partial charge >= 0.3 is 0 Å². The molecule has 3 rings (SSSR count). The van der Waals surface area contributed by atoms with Gasteiger partial charge in [-0.3, -0.25) is 4.79 Å². The van der Waals surface area contributed by atoms with Gasteiger partial charge in [-0.25, -0.2) is 9.50 Å². The summed E-state index contributed by atoms with van der Waals surface area (Å²) in [4.78, 5) is 20.7. The highest BCUT2D eigenvalue weighted by Gasteiger charge is 2.19. The van der Waals surface area contributed by atoms with E-state index in [1.807, 2.05) is 18.2 Å². The molecule has 2 aromatic heterocycles. The van der Waals surface area contributed by atoms with Crippen molar-refractivity contribution in [1.29, 1.82) is 0 Å². The summed E-state index contributed by atoms with van der Waals surface area (Å²) in [6.45, 7) is 6.32. The smallest absolute Gasteiger partial charge is 0.295 e. The summed E-state index contributed by atoms with van der Waals surface area (Å²) in [6, 6.07) is 7.46. The second kappa shape index (κ2) is 5.92. The number of methoxy groups -OCH3 is 1. The average Bonchev–Trinajstić information content (AvgIpc) is 2.98. The minimum Gasteiger partial charge on any atom is -0.495 e. The van der Waals surface area contributed by atoms with E-state index in [1.165, 1.54) is 4.52 Å². The monoisotopic (exact) mass is 325 g/mol. The maximum Gasteiger partial charge on any atom is 0.295 e. The predicted octanol–water partition coefficient (Wildman–Crippen LogP) is 2.68. The van der Waals surface area contributed by atoms with Crippen LogP contribution >= 0.6 is 0 Å². The molecular formula is C17H19N5O2. The zero-order chi connectivity index (χ0) is 17.3. The van der Waals surface area contributed by atoms with E-state index in [4.69, 9.17) is 4.74 Å². The first kappa shape index (κ1) is 15.9. The number of rotatable bonds is 3.